The number of nitrogens with two attached hydrogens (primary N) is 1. The van der Waals surface area contributed by atoms with Crippen LogP contribution in [0.3, 0.4) is 0 Å². The number of benzene rings is 1. The molecule has 0 aliphatic carbocycles. The quantitative estimate of drug-likeness (QED) is 0.919. The average molecular weight is 326 g/mol. The van der Waals surface area contributed by atoms with Crippen molar-refractivity contribution in [1.29, 1.82) is 0 Å². The lowest BCUT2D eigenvalue weighted by atomic mass is 10.1. The minimum atomic E-state index is -0.173. The number of rotatable bonds is 4. The summed E-state index contributed by atoms with van der Waals surface area (Å²) in [6, 6.07) is 8.20. The lowest BCUT2D eigenvalue weighted by Gasteiger charge is -2.37. The first kappa shape index (κ1) is 18.9. The molecular weight excluding hydrogens is 298 g/mol. The van der Waals surface area contributed by atoms with Crippen LogP contribution in [-0.4, -0.2) is 54.0 Å². The number of nitrogens with zero attached hydrogens (tertiary/aromatic N) is 2. The third-order valence-electron chi connectivity index (χ3n) is 3.83. The van der Waals surface area contributed by atoms with Crippen LogP contribution >= 0.6 is 12.4 Å². The lowest BCUT2D eigenvalue weighted by Crippen LogP contribution is -2.54. The molecule has 4 nitrogen and oxygen atoms in total. The summed E-state index contributed by atoms with van der Waals surface area (Å²) in [6.45, 7) is 10.5. The first-order valence-electron chi connectivity index (χ1n) is 7.68. The van der Waals surface area contributed by atoms with Crippen LogP contribution in [0, 0.1) is 6.92 Å². The molecule has 1 amide bonds. The van der Waals surface area contributed by atoms with Crippen molar-refractivity contribution in [3.63, 3.8) is 0 Å². The van der Waals surface area contributed by atoms with Crippen molar-refractivity contribution in [2.24, 2.45) is 5.73 Å². The SMILES string of the molecule is Cc1ccc(CC(=O)N2CCN(CC(C)(C)N)CC2)cc1.Cl. The number of aryl methyl sites for hydroxylation is 1. The Morgan fingerprint density at radius 2 is 1.68 bits per heavy atom. The monoisotopic (exact) mass is 325 g/mol. The van der Waals surface area contributed by atoms with E-state index >= 15 is 0 Å². The molecule has 1 fully saturated rings. The van der Waals surface area contributed by atoms with Gasteiger partial charge < -0.3 is 10.6 Å². The van der Waals surface area contributed by atoms with E-state index in [1.807, 2.05) is 30.9 Å². The van der Waals surface area contributed by atoms with Gasteiger partial charge in [0.05, 0.1) is 6.42 Å². The van der Waals surface area contributed by atoms with E-state index in [-0.39, 0.29) is 23.9 Å². The fraction of sp³-hybridized carbons (Fsp3) is 0.588. The summed E-state index contributed by atoms with van der Waals surface area (Å²) < 4.78 is 0. The molecule has 1 aliphatic rings. The predicted octanol–water partition coefficient (Wildman–Crippen LogP) is 1.84. The van der Waals surface area contributed by atoms with E-state index in [1.165, 1.54) is 5.56 Å². The molecule has 124 valence electrons. The van der Waals surface area contributed by atoms with E-state index in [0.29, 0.717) is 6.42 Å². The molecule has 0 radical (unpaired) electrons. The summed E-state index contributed by atoms with van der Waals surface area (Å²) in [7, 11) is 0. The van der Waals surface area contributed by atoms with Crippen LogP contribution in [0.25, 0.3) is 0 Å². The van der Waals surface area contributed by atoms with Gasteiger partial charge in [0, 0.05) is 38.3 Å². The highest BCUT2D eigenvalue weighted by Crippen LogP contribution is 2.10. The summed E-state index contributed by atoms with van der Waals surface area (Å²) in [6.07, 6.45) is 0.503. The molecule has 0 aromatic heterocycles. The van der Waals surface area contributed by atoms with Crippen molar-refractivity contribution in [3.8, 4) is 0 Å². The third-order valence-corrected chi connectivity index (χ3v) is 3.83. The molecule has 1 heterocycles. The van der Waals surface area contributed by atoms with Crippen molar-refractivity contribution in [1.82, 2.24) is 9.80 Å². The average Bonchev–Trinajstić information content (AvgIpc) is 2.40. The standard InChI is InChI=1S/C17H27N3O.ClH/c1-14-4-6-15(7-5-14)12-16(21)20-10-8-19(9-11-20)13-17(2,3)18;/h4-7H,8-13,18H2,1-3H3;1H. The number of piperazine rings is 1. The highest BCUT2D eigenvalue weighted by molar-refractivity contribution is 5.85. The number of hydrogen-bond donors (Lipinski definition) is 1. The van der Waals surface area contributed by atoms with Crippen molar-refractivity contribution >= 4 is 18.3 Å². The minimum absolute atomic E-state index is 0. The molecule has 0 unspecified atom stereocenters. The van der Waals surface area contributed by atoms with Gasteiger partial charge in [0.1, 0.15) is 0 Å². The Hall–Kier alpha value is -1.10. The van der Waals surface area contributed by atoms with Crippen molar-refractivity contribution < 1.29 is 4.79 Å². The van der Waals surface area contributed by atoms with Gasteiger partial charge in [-0.3, -0.25) is 9.69 Å². The zero-order valence-electron chi connectivity index (χ0n) is 13.8. The van der Waals surface area contributed by atoms with Gasteiger partial charge in [-0.25, -0.2) is 0 Å². The number of carbonyl (C=O) groups excluding carboxylic acids is 1. The molecule has 0 spiro atoms. The highest BCUT2D eigenvalue weighted by Gasteiger charge is 2.24. The Kier molecular flexibility index (Phi) is 6.85. The number of halogens is 1. The van der Waals surface area contributed by atoms with Gasteiger partial charge in [-0.15, -0.1) is 12.4 Å². The van der Waals surface area contributed by atoms with Gasteiger partial charge in [-0.2, -0.15) is 0 Å². The lowest BCUT2D eigenvalue weighted by molar-refractivity contribution is -0.132. The Morgan fingerprint density at radius 3 is 2.18 bits per heavy atom. The molecule has 22 heavy (non-hydrogen) atoms. The first-order chi connectivity index (χ1) is 9.83. The first-order valence-corrected chi connectivity index (χ1v) is 7.68. The number of hydrogen-bond acceptors (Lipinski definition) is 3. The second-order valence-electron chi connectivity index (χ2n) is 6.81. The van der Waals surface area contributed by atoms with Gasteiger partial charge in [0.25, 0.3) is 0 Å². The van der Waals surface area contributed by atoms with E-state index in [1.54, 1.807) is 0 Å². The zero-order valence-corrected chi connectivity index (χ0v) is 14.7. The summed E-state index contributed by atoms with van der Waals surface area (Å²) in [5.41, 5.74) is 8.20. The zero-order chi connectivity index (χ0) is 15.5. The molecule has 0 saturated carbocycles. The van der Waals surface area contributed by atoms with E-state index in [2.05, 4.69) is 24.0 Å². The topological polar surface area (TPSA) is 49.6 Å². The Bertz CT molecular complexity index is 474. The van der Waals surface area contributed by atoms with Crippen LogP contribution in [0.4, 0.5) is 0 Å². The summed E-state index contributed by atoms with van der Waals surface area (Å²) in [4.78, 5) is 16.6. The fourth-order valence-corrected chi connectivity index (χ4v) is 2.72. The second-order valence-corrected chi connectivity index (χ2v) is 6.81. The number of carbonyl (C=O) groups is 1. The number of amides is 1. The summed E-state index contributed by atoms with van der Waals surface area (Å²) in [5, 5.41) is 0. The van der Waals surface area contributed by atoms with Crippen LogP contribution in [0.2, 0.25) is 0 Å². The predicted molar refractivity (Wildman–Crippen MR) is 93.4 cm³/mol. The normalized spacial score (nSPS) is 16.3. The molecule has 1 aromatic rings. The van der Waals surface area contributed by atoms with E-state index in [4.69, 9.17) is 5.73 Å². The maximum atomic E-state index is 12.3. The van der Waals surface area contributed by atoms with Crippen LogP contribution in [-0.2, 0) is 11.2 Å². The fourth-order valence-electron chi connectivity index (χ4n) is 2.72. The van der Waals surface area contributed by atoms with Crippen molar-refractivity contribution in [3.05, 3.63) is 35.4 Å². The molecule has 2 rings (SSSR count). The maximum Gasteiger partial charge on any atom is 0.227 e. The van der Waals surface area contributed by atoms with Crippen LogP contribution in [0.1, 0.15) is 25.0 Å². The molecule has 1 saturated heterocycles. The van der Waals surface area contributed by atoms with Crippen LogP contribution in [0.5, 0.6) is 0 Å². The molecule has 0 atom stereocenters. The molecule has 1 aliphatic heterocycles. The largest absolute Gasteiger partial charge is 0.340 e. The smallest absolute Gasteiger partial charge is 0.227 e. The van der Waals surface area contributed by atoms with Gasteiger partial charge in [0.2, 0.25) is 5.91 Å². The Balaban J connectivity index is 0.00000242. The van der Waals surface area contributed by atoms with Gasteiger partial charge in [0.15, 0.2) is 0 Å². The van der Waals surface area contributed by atoms with Gasteiger partial charge in [-0.1, -0.05) is 29.8 Å². The molecule has 0 bridgehead atoms. The molecular formula is C17H28ClN3O. The van der Waals surface area contributed by atoms with Crippen molar-refractivity contribution in [2.75, 3.05) is 32.7 Å². The van der Waals surface area contributed by atoms with Gasteiger partial charge >= 0.3 is 0 Å². The van der Waals surface area contributed by atoms with E-state index in [0.717, 1.165) is 38.3 Å². The molecule has 2 N–H and O–H groups in total. The summed E-state index contributed by atoms with van der Waals surface area (Å²) in [5.74, 6) is 0.227. The van der Waals surface area contributed by atoms with Crippen molar-refractivity contribution in [2.45, 2.75) is 32.7 Å². The van der Waals surface area contributed by atoms with Crippen LogP contribution in [0.15, 0.2) is 24.3 Å². The summed E-state index contributed by atoms with van der Waals surface area (Å²) >= 11 is 0. The van der Waals surface area contributed by atoms with E-state index in [9.17, 15) is 4.79 Å². The third kappa shape index (κ3) is 5.95. The molecule has 5 heteroatoms. The molecule has 1 aromatic carbocycles. The van der Waals surface area contributed by atoms with E-state index < -0.39 is 0 Å². The maximum absolute atomic E-state index is 12.3. The highest BCUT2D eigenvalue weighted by atomic mass is 35.5. The minimum Gasteiger partial charge on any atom is -0.340 e. The Labute approximate surface area is 140 Å². The second kappa shape index (κ2) is 7.95. The Morgan fingerprint density at radius 1 is 1.14 bits per heavy atom. The van der Waals surface area contributed by atoms with Crippen LogP contribution < -0.4 is 5.73 Å². The van der Waals surface area contributed by atoms with Gasteiger partial charge in [-0.05, 0) is 26.3 Å².